The molecule has 0 heterocycles. The van der Waals surface area contributed by atoms with Gasteiger partial charge < -0.3 is 11.5 Å². The van der Waals surface area contributed by atoms with Crippen molar-refractivity contribution >= 4 is 11.6 Å². The number of Topliss-reactive ketones (excluding diaryl/α,β-unsaturated/α-hetero) is 2. The van der Waals surface area contributed by atoms with Crippen LogP contribution in [-0.2, 0) is 9.59 Å². The summed E-state index contributed by atoms with van der Waals surface area (Å²) in [6.45, 7) is 4.10. The highest BCUT2D eigenvalue weighted by Crippen LogP contribution is 2.06. The molecule has 11 heavy (non-hydrogen) atoms. The fourth-order valence-electron chi connectivity index (χ4n) is 0.641. The highest BCUT2D eigenvalue weighted by molar-refractivity contribution is 5.95. The van der Waals surface area contributed by atoms with Crippen molar-refractivity contribution in [3.63, 3.8) is 0 Å². The summed E-state index contributed by atoms with van der Waals surface area (Å²) in [6.07, 6.45) is 0. The first-order chi connectivity index (χ1) is 4.80. The van der Waals surface area contributed by atoms with E-state index in [0.29, 0.717) is 0 Å². The Balaban J connectivity index is 4.55. The van der Waals surface area contributed by atoms with Gasteiger partial charge in [0.2, 0.25) is 0 Å². The molecule has 0 unspecified atom stereocenters. The molecule has 2 atom stereocenters. The maximum atomic E-state index is 10.9. The third-order valence-corrected chi connectivity index (χ3v) is 1.84. The number of hydrogen-bond donors (Lipinski definition) is 2. The van der Waals surface area contributed by atoms with E-state index in [4.69, 9.17) is 11.5 Å². The molecule has 0 bridgehead atoms. The molecule has 0 rings (SSSR count). The Morgan fingerprint density at radius 3 is 1.82 bits per heavy atom. The van der Waals surface area contributed by atoms with Gasteiger partial charge in [0.15, 0.2) is 5.78 Å². The van der Waals surface area contributed by atoms with Gasteiger partial charge in [-0.15, -0.1) is 0 Å². The van der Waals surface area contributed by atoms with Crippen molar-refractivity contribution in [3.05, 3.63) is 0 Å². The molecule has 0 saturated heterocycles. The molecular formula is C7H14N2O2. The van der Waals surface area contributed by atoms with E-state index in [9.17, 15) is 9.59 Å². The molecule has 4 heteroatoms. The summed E-state index contributed by atoms with van der Waals surface area (Å²) in [5.41, 5.74) is 9.68. The van der Waals surface area contributed by atoms with Gasteiger partial charge in [-0.2, -0.15) is 0 Å². The predicted molar refractivity (Wildman–Crippen MR) is 41.9 cm³/mol. The van der Waals surface area contributed by atoms with Crippen LogP contribution < -0.4 is 11.5 Å². The minimum atomic E-state index is -1.23. The molecule has 4 nitrogen and oxygen atoms in total. The van der Waals surface area contributed by atoms with Crippen LogP contribution in [0, 0.1) is 0 Å². The standard InChI is InChI=1S/C7H14N2O2/c1-4(10)6(8)7(3,9)5(2)11/h6H,8-9H2,1-3H3/t6-,7+/m1/s1. The number of rotatable bonds is 3. The first kappa shape index (κ1) is 10.3. The Bertz CT molecular complexity index is 187. The maximum Gasteiger partial charge on any atom is 0.151 e. The van der Waals surface area contributed by atoms with Crippen molar-refractivity contribution in [1.82, 2.24) is 0 Å². The molecular weight excluding hydrogens is 144 g/mol. The fraction of sp³-hybridized carbons (Fsp3) is 0.714. The Hall–Kier alpha value is -0.740. The van der Waals surface area contributed by atoms with Crippen molar-refractivity contribution in [2.75, 3.05) is 0 Å². The lowest BCUT2D eigenvalue weighted by molar-refractivity contribution is -0.127. The van der Waals surface area contributed by atoms with Crippen LogP contribution in [0.2, 0.25) is 0 Å². The van der Waals surface area contributed by atoms with Gasteiger partial charge in [0, 0.05) is 0 Å². The Kier molecular flexibility index (Phi) is 2.90. The Morgan fingerprint density at radius 1 is 1.36 bits per heavy atom. The quantitative estimate of drug-likeness (QED) is 0.563. The van der Waals surface area contributed by atoms with Crippen molar-refractivity contribution in [1.29, 1.82) is 0 Å². The Labute approximate surface area is 65.9 Å². The zero-order valence-corrected chi connectivity index (χ0v) is 7.05. The highest BCUT2D eigenvalue weighted by atomic mass is 16.1. The van der Waals surface area contributed by atoms with Gasteiger partial charge in [0.1, 0.15) is 5.78 Å². The lowest BCUT2D eigenvalue weighted by atomic mass is 9.88. The molecule has 0 aliphatic heterocycles. The minimum absolute atomic E-state index is 0.273. The summed E-state index contributed by atoms with van der Waals surface area (Å²) in [4.78, 5) is 21.6. The van der Waals surface area contributed by atoms with Crippen LogP contribution in [0.4, 0.5) is 0 Å². The minimum Gasteiger partial charge on any atom is -0.320 e. The van der Waals surface area contributed by atoms with Crippen LogP contribution in [0.25, 0.3) is 0 Å². The predicted octanol–water partition coefficient (Wildman–Crippen LogP) is -0.791. The largest absolute Gasteiger partial charge is 0.320 e. The average Bonchev–Trinajstić information content (AvgIpc) is 1.85. The zero-order chi connectivity index (χ0) is 9.23. The molecule has 0 saturated carbocycles. The van der Waals surface area contributed by atoms with Crippen LogP contribution in [-0.4, -0.2) is 23.1 Å². The maximum absolute atomic E-state index is 10.9. The molecule has 64 valence electrons. The second-order valence-electron chi connectivity index (χ2n) is 2.93. The van der Waals surface area contributed by atoms with Gasteiger partial charge in [-0.3, -0.25) is 9.59 Å². The SMILES string of the molecule is CC(=O)[C@@H](N)[C@@](C)(N)C(C)=O. The number of nitrogens with two attached hydrogens (primary N) is 2. The van der Waals surface area contributed by atoms with E-state index in [1.807, 2.05) is 0 Å². The highest BCUT2D eigenvalue weighted by Gasteiger charge is 2.34. The molecule has 0 aromatic rings. The summed E-state index contributed by atoms with van der Waals surface area (Å²) in [5.74, 6) is -0.551. The lowest BCUT2D eigenvalue weighted by Gasteiger charge is -2.26. The topological polar surface area (TPSA) is 86.2 Å². The summed E-state index contributed by atoms with van der Waals surface area (Å²) >= 11 is 0. The second-order valence-corrected chi connectivity index (χ2v) is 2.93. The smallest absolute Gasteiger partial charge is 0.151 e. The van der Waals surface area contributed by atoms with E-state index >= 15 is 0 Å². The number of ketones is 2. The molecule has 0 radical (unpaired) electrons. The molecule has 0 aliphatic rings. The van der Waals surface area contributed by atoms with Crippen molar-refractivity contribution in [3.8, 4) is 0 Å². The first-order valence-electron chi connectivity index (χ1n) is 3.36. The van der Waals surface area contributed by atoms with Crippen LogP contribution in [0.1, 0.15) is 20.8 Å². The van der Waals surface area contributed by atoms with Gasteiger partial charge >= 0.3 is 0 Å². The van der Waals surface area contributed by atoms with E-state index in [1.165, 1.54) is 20.8 Å². The third kappa shape index (κ3) is 2.10. The van der Waals surface area contributed by atoms with Crippen molar-refractivity contribution in [2.45, 2.75) is 32.4 Å². The van der Waals surface area contributed by atoms with Gasteiger partial charge in [-0.25, -0.2) is 0 Å². The summed E-state index contributed by atoms with van der Waals surface area (Å²) < 4.78 is 0. The molecule has 0 spiro atoms. The Morgan fingerprint density at radius 2 is 1.73 bits per heavy atom. The summed E-state index contributed by atoms with van der Waals surface area (Å²) in [6, 6.07) is -0.903. The number of hydrogen-bond acceptors (Lipinski definition) is 4. The van der Waals surface area contributed by atoms with E-state index in [-0.39, 0.29) is 11.6 Å². The number of carbonyl (C=O) groups is 2. The average molecular weight is 158 g/mol. The van der Waals surface area contributed by atoms with E-state index in [1.54, 1.807) is 0 Å². The molecule has 0 fully saturated rings. The third-order valence-electron chi connectivity index (χ3n) is 1.84. The van der Waals surface area contributed by atoms with Gasteiger partial charge in [-0.05, 0) is 20.8 Å². The van der Waals surface area contributed by atoms with Crippen molar-refractivity contribution in [2.24, 2.45) is 11.5 Å². The lowest BCUT2D eigenvalue weighted by Crippen LogP contribution is -2.60. The van der Waals surface area contributed by atoms with Gasteiger partial charge in [0.25, 0.3) is 0 Å². The van der Waals surface area contributed by atoms with Crippen LogP contribution >= 0.6 is 0 Å². The van der Waals surface area contributed by atoms with E-state index in [0.717, 1.165) is 0 Å². The van der Waals surface area contributed by atoms with E-state index in [2.05, 4.69) is 0 Å². The molecule has 0 aromatic heterocycles. The number of carbonyl (C=O) groups excluding carboxylic acids is 2. The molecule has 0 amide bonds. The fourth-order valence-corrected chi connectivity index (χ4v) is 0.641. The van der Waals surface area contributed by atoms with Gasteiger partial charge in [-0.1, -0.05) is 0 Å². The van der Waals surface area contributed by atoms with Crippen LogP contribution in [0.3, 0.4) is 0 Å². The molecule has 0 aromatic carbocycles. The van der Waals surface area contributed by atoms with Crippen LogP contribution in [0.15, 0.2) is 0 Å². The van der Waals surface area contributed by atoms with Gasteiger partial charge in [0.05, 0.1) is 11.6 Å². The second kappa shape index (κ2) is 3.11. The summed E-state index contributed by atoms with van der Waals surface area (Å²) in [7, 11) is 0. The zero-order valence-electron chi connectivity index (χ0n) is 7.05. The normalized spacial score (nSPS) is 18.6. The molecule has 4 N–H and O–H groups in total. The monoisotopic (exact) mass is 158 g/mol. The summed E-state index contributed by atoms with van der Waals surface area (Å²) in [5, 5.41) is 0. The van der Waals surface area contributed by atoms with E-state index < -0.39 is 11.6 Å². The van der Waals surface area contributed by atoms with Crippen molar-refractivity contribution < 1.29 is 9.59 Å². The molecule has 0 aliphatic carbocycles. The first-order valence-corrected chi connectivity index (χ1v) is 3.36. The van der Waals surface area contributed by atoms with Crippen LogP contribution in [0.5, 0.6) is 0 Å².